The summed E-state index contributed by atoms with van der Waals surface area (Å²) in [6.45, 7) is 1.50. The average molecular weight is 167 g/mol. The Bertz CT molecular complexity index is 59.1. The molecule has 0 aliphatic carbocycles. The summed E-state index contributed by atoms with van der Waals surface area (Å²) >= 11 is 3.12. The maximum Gasteiger partial charge on any atom is 0.115 e. The Morgan fingerprint density at radius 3 is 2.57 bits per heavy atom. The monoisotopic (exact) mass is 166 g/mol. The van der Waals surface area contributed by atoms with Crippen LogP contribution in [-0.2, 0) is 0 Å². The van der Waals surface area contributed by atoms with Crippen molar-refractivity contribution in [2.24, 2.45) is 0 Å². The molecule has 0 radical (unpaired) electrons. The third-order valence-electron chi connectivity index (χ3n) is 0.490. The van der Waals surface area contributed by atoms with Gasteiger partial charge in [-0.25, -0.2) is 4.39 Å². The normalized spacial score (nSPS) is 15.3. The van der Waals surface area contributed by atoms with E-state index in [1.165, 1.54) is 13.0 Å². The Hall–Kier alpha value is 0.150. The Morgan fingerprint density at radius 2 is 2.43 bits per heavy atom. The molecule has 0 N–H and O–H groups in total. The van der Waals surface area contributed by atoms with Crippen molar-refractivity contribution in [1.82, 2.24) is 0 Å². The van der Waals surface area contributed by atoms with E-state index in [1.807, 2.05) is 0 Å². The molecule has 1 unspecified atom stereocenters. The van der Waals surface area contributed by atoms with Crippen molar-refractivity contribution in [3.05, 3.63) is 12.2 Å². The molecule has 7 heavy (non-hydrogen) atoms. The van der Waals surface area contributed by atoms with E-state index in [0.717, 1.165) is 5.33 Å². The third kappa shape index (κ3) is 6.15. The summed E-state index contributed by atoms with van der Waals surface area (Å²) in [5.41, 5.74) is 0. The standard InChI is InChI=1S/C5H8BrF/c1-5(7)3-2-4-6/h2-3,5H,4H2,1H3/b3-2+. The molecule has 0 heterocycles. The number of alkyl halides is 2. The zero-order valence-corrected chi connectivity index (χ0v) is 5.78. The average Bonchev–Trinajstić information content (AvgIpc) is 1.61. The van der Waals surface area contributed by atoms with Gasteiger partial charge in [-0.3, -0.25) is 0 Å². The molecule has 0 aromatic heterocycles. The Labute approximate surface area is 51.5 Å². The zero-order valence-electron chi connectivity index (χ0n) is 4.20. The predicted octanol–water partition coefficient (Wildman–Crippen LogP) is 2.30. The minimum Gasteiger partial charge on any atom is -0.243 e. The molecule has 0 aromatic carbocycles. The highest BCUT2D eigenvalue weighted by atomic mass is 79.9. The number of allylic oxidation sites excluding steroid dienone is 2. The first-order chi connectivity index (χ1) is 3.27. The molecule has 0 spiro atoms. The Balaban J connectivity index is 3.08. The van der Waals surface area contributed by atoms with E-state index < -0.39 is 6.17 Å². The van der Waals surface area contributed by atoms with Crippen LogP contribution in [0, 0.1) is 0 Å². The lowest BCUT2D eigenvalue weighted by molar-refractivity contribution is 0.430. The molecule has 0 fully saturated rings. The predicted molar refractivity (Wildman–Crippen MR) is 33.5 cm³/mol. The number of hydrogen-bond donors (Lipinski definition) is 0. The highest BCUT2D eigenvalue weighted by molar-refractivity contribution is 9.09. The van der Waals surface area contributed by atoms with Gasteiger partial charge in [0.25, 0.3) is 0 Å². The van der Waals surface area contributed by atoms with Crippen LogP contribution in [-0.4, -0.2) is 11.5 Å². The van der Waals surface area contributed by atoms with Crippen LogP contribution in [0.5, 0.6) is 0 Å². The van der Waals surface area contributed by atoms with Gasteiger partial charge in [-0.15, -0.1) is 0 Å². The molecule has 0 amide bonds. The van der Waals surface area contributed by atoms with Crippen molar-refractivity contribution in [1.29, 1.82) is 0 Å². The number of halogens is 2. The van der Waals surface area contributed by atoms with E-state index in [0.29, 0.717) is 0 Å². The second kappa shape index (κ2) is 4.31. The van der Waals surface area contributed by atoms with Crippen LogP contribution >= 0.6 is 15.9 Å². The van der Waals surface area contributed by atoms with E-state index in [-0.39, 0.29) is 0 Å². The van der Waals surface area contributed by atoms with Gasteiger partial charge in [0.15, 0.2) is 0 Å². The van der Waals surface area contributed by atoms with E-state index in [4.69, 9.17) is 0 Å². The lowest BCUT2D eigenvalue weighted by Crippen LogP contribution is -1.81. The van der Waals surface area contributed by atoms with Crippen LogP contribution in [0.25, 0.3) is 0 Å². The third-order valence-corrected chi connectivity index (χ3v) is 0.864. The summed E-state index contributed by atoms with van der Waals surface area (Å²) in [5.74, 6) is 0. The van der Waals surface area contributed by atoms with E-state index in [2.05, 4.69) is 15.9 Å². The Kier molecular flexibility index (Phi) is 4.41. The van der Waals surface area contributed by atoms with E-state index in [1.54, 1.807) is 6.08 Å². The first kappa shape index (κ1) is 7.15. The van der Waals surface area contributed by atoms with Crippen molar-refractivity contribution >= 4 is 15.9 Å². The smallest absolute Gasteiger partial charge is 0.115 e. The summed E-state index contributed by atoms with van der Waals surface area (Å²) < 4.78 is 11.8. The lowest BCUT2D eigenvalue weighted by atomic mass is 10.4. The molecule has 0 saturated carbocycles. The van der Waals surface area contributed by atoms with Gasteiger partial charge in [0, 0.05) is 5.33 Å². The number of hydrogen-bond acceptors (Lipinski definition) is 0. The van der Waals surface area contributed by atoms with Gasteiger partial charge in [0.05, 0.1) is 0 Å². The van der Waals surface area contributed by atoms with Crippen molar-refractivity contribution in [2.75, 3.05) is 5.33 Å². The fourth-order valence-electron chi connectivity index (χ4n) is 0.239. The molecule has 42 valence electrons. The van der Waals surface area contributed by atoms with Gasteiger partial charge < -0.3 is 0 Å². The number of rotatable bonds is 2. The zero-order chi connectivity index (χ0) is 5.70. The summed E-state index contributed by atoms with van der Waals surface area (Å²) in [5, 5.41) is 0.737. The first-order valence-electron chi connectivity index (χ1n) is 2.14. The van der Waals surface area contributed by atoms with Crippen molar-refractivity contribution in [3.63, 3.8) is 0 Å². The maximum absolute atomic E-state index is 11.8. The largest absolute Gasteiger partial charge is 0.243 e. The molecule has 0 saturated heterocycles. The fourth-order valence-corrected chi connectivity index (χ4v) is 0.455. The SMILES string of the molecule is CC(F)/C=C/CBr. The molecule has 0 aromatic rings. The van der Waals surface area contributed by atoms with Crippen molar-refractivity contribution < 1.29 is 4.39 Å². The summed E-state index contributed by atoms with van der Waals surface area (Å²) in [4.78, 5) is 0. The van der Waals surface area contributed by atoms with Crippen molar-refractivity contribution in [3.8, 4) is 0 Å². The Morgan fingerprint density at radius 1 is 1.86 bits per heavy atom. The molecule has 2 heteroatoms. The van der Waals surface area contributed by atoms with Gasteiger partial charge in [0.1, 0.15) is 6.17 Å². The van der Waals surface area contributed by atoms with Crippen LogP contribution in [0.2, 0.25) is 0 Å². The maximum atomic E-state index is 11.8. The first-order valence-corrected chi connectivity index (χ1v) is 3.26. The quantitative estimate of drug-likeness (QED) is 0.437. The fraction of sp³-hybridized carbons (Fsp3) is 0.600. The molecule has 1 atom stereocenters. The van der Waals surface area contributed by atoms with Gasteiger partial charge >= 0.3 is 0 Å². The molecule has 0 rings (SSSR count). The lowest BCUT2D eigenvalue weighted by Gasteiger charge is -1.84. The minimum absolute atomic E-state index is 0.737. The molecular weight excluding hydrogens is 159 g/mol. The second-order valence-corrected chi connectivity index (χ2v) is 1.91. The van der Waals surface area contributed by atoms with E-state index in [9.17, 15) is 4.39 Å². The van der Waals surface area contributed by atoms with Gasteiger partial charge in [0.2, 0.25) is 0 Å². The molecule has 0 bridgehead atoms. The summed E-state index contributed by atoms with van der Waals surface area (Å²) in [6.07, 6.45) is 2.44. The molecule has 0 nitrogen and oxygen atoms in total. The van der Waals surface area contributed by atoms with Gasteiger partial charge in [-0.2, -0.15) is 0 Å². The van der Waals surface area contributed by atoms with Crippen molar-refractivity contribution in [2.45, 2.75) is 13.1 Å². The molecular formula is C5H8BrF. The highest BCUT2D eigenvalue weighted by Gasteiger charge is 1.83. The van der Waals surface area contributed by atoms with Crippen LogP contribution in [0.15, 0.2) is 12.2 Å². The molecule has 0 aliphatic heterocycles. The summed E-state index contributed by atoms with van der Waals surface area (Å²) in [6, 6.07) is 0. The van der Waals surface area contributed by atoms with Crippen LogP contribution < -0.4 is 0 Å². The van der Waals surface area contributed by atoms with E-state index >= 15 is 0 Å². The molecule has 0 aliphatic rings. The summed E-state index contributed by atoms with van der Waals surface area (Å²) in [7, 11) is 0. The highest BCUT2D eigenvalue weighted by Crippen LogP contribution is 1.90. The van der Waals surface area contributed by atoms with Gasteiger partial charge in [-0.05, 0) is 6.92 Å². The van der Waals surface area contributed by atoms with Crippen LogP contribution in [0.1, 0.15) is 6.92 Å². The van der Waals surface area contributed by atoms with Gasteiger partial charge in [-0.1, -0.05) is 28.1 Å². The van der Waals surface area contributed by atoms with Crippen LogP contribution in [0.3, 0.4) is 0 Å². The second-order valence-electron chi connectivity index (χ2n) is 1.26. The minimum atomic E-state index is -0.808. The topological polar surface area (TPSA) is 0 Å². The van der Waals surface area contributed by atoms with Crippen LogP contribution in [0.4, 0.5) is 4.39 Å².